The van der Waals surface area contributed by atoms with E-state index in [0.717, 1.165) is 32.1 Å². The Hall–Kier alpha value is -0.790. The highest BCUT2D eigenvalue weighted by Crippen LogP contribution is 2.11. The second kappa shape index (κ2) is 11.3. The maximum absolute atomic E-state index is 11.8. The first kappa shape index (κ1) is 17.2. The lowest BCUT2D eigenvalue weighted by molar-refractivity contribution is -0.142. The molecule has 0 saturated carbocycles. The molecule has 0 aliphatic heterocycles. The Morgan fingerprint density at radius 2 is 1.78 bits per heavy atom. The minimum absolute atomic E-state index is 0.233. The highest BCUT2D eigenvalue weighted by Gasteiger charge is 2.08. The number of alkyl halides is 1. The van der Waals surface area contributed by atoms with Crippen LogP contribution in [0.5, 0.6) is 0 Å². The molecule has 1 atom stereocenters. The maximum atomic E-state index is 11.8. The van der Waals surface area contributed by atoms with E-state index in [1.807, 2.05) is 0 Å². The molecule has 0 spiro atoms. The van der Waals surface area contributed by atoms with E-state index in [-0.39, 0.29) is 12.2 Å². The first-order chi connectivity index (χ1) is 8.57. The Balaban J connectivity index is 3.46. The third-order valence-corrected chi connectivity index (χ3v) is 2.57. The molecule has 0 aromatic carbocycles. The van der Waals surface area contributed by atoms with Gasteiger partial charge in [0.15, 0.2) is 0 Å². The van der Waals surface area contributed by atoms with Gasteiger partial charge in [0, 0.05) is 5.57 Å². The standard InChI is InChI=1S/C11H20FNO4S/c1-10(11(14)17-13-18(15)16)8-6-4-2-3-5-7-9-12/h13H,1-9H2,(H,15,16)/p-1. The van der Waals surface area contributed by atoms with Crippen LogP contribution in [0.2, 0.25) is 0 Å². The largest absolute Gasteiger partial charge is 0.758 e. The molecule has 0 aromatic heterocycles. The van der Waals surface area contributed by atoms with Crippen molar-refractivity contribution < 1.29 is 22.8 Å². The summed E-state index contributed by atoms with van der Waals surface area (Å²) in [6, 6.07) is 0. The normalized spacial score (nSPS) is 12.1. The van der Waals surface area contributed by atoms with E-state index >= 15 is 0 Å². The van der Waals surface area contributed by atoms with Crippen LogP contribution in [0.3, 0.4) is 0 Å². The van der Waals surface area contributed by atoms with Crippen molar-refractivity contribution >= 4 is 17.2 Å². The van der Waals surface area contributed by atoms with Crippen molar-refractivity contribution in [2.24, 2.45) is 0 Å². The van der Waals surface area contributed by atoms with Crippen molar-refractivity contribution in [1.82, 2.24) is 4.89 Å². The van der Waals surface area contributed by atoms with Crippen molar-refractivity contribution in [2.45, 2.75) is 44.9 Å². The van der Waals surface area contributed by atoms with Crippen molar-refractivity contribution in [3.63, 3.8) is 0 Å². The van der Waals surface area contributed by atoms with E-state index in [2.05, 4.69) is 11.4 Å². The molecule has 0 bridgehead atoms. The number of unbranched alkanes of at least 4 members (excludes halogenated alkanes) is 5. The lowest BCUT2D eigenvalue weighted by atomic mass is 10.1. The number of rotatable bonds is 11. The average Bonchev–Trinajstić information content (AvgIpc) is 2.34. The Morgan fingerprint density at radius 3 is 2.33 bits per heavy atom. The van der Waals surface area contributed by atoms with Gasteiger partial charge in [-0.2, -0.15) is 0 Å². The number of hydrogen-bond acceptors (Lipinski definition) is 4. The molecule has 0 saturated heterocycles. The first-order valence-corrected chi connectivity index (χ1v) is 6.95. The van der Waals surface area contributed by atoms with Crippen LogP contribution in [0.1, 0.15) is 44.9 Å². The second-order valence-corrected chi connectivity index (χ2v) is 4.51. The van der Waals surface area contributed by atoms with Crippen molar-refractivity contribution in [3.8, 4) is 0 Å². The van der Waals surface area contributed by atoms with Crippen LogP contribution in [0.25, 0.3) is 0 Å². The molecule has 0 aliphatic rings. The third kappa shape index (κ3) is 10.4. The van der Waals surface area contributed by atoms with Crippen molar-refractivity contribution in [1.29, 1.82) is 0 Å². The van der Waals surface area contributed by atoms with Gasteiger partial charge in [0.1, 0.15) is 0 Å². The SMILES string of the molecule is C=C(CCCCCCCCF)C(=O)ONS(=O)[O-]. The highest BCUT2D eigenvalue weighted by atomic mass is 32.2. The maximum Gasteiger partial charge on any atom is 0.352 e. The fourth-order valence-electron chi connectivity index (χ4n) is 1.39. The lowest BCUT2D eigenvalue weighted by Crippen LogP contribution is -2.22. The van der Waals surface area contributed by atoms with Gasteiger partial charge in [-0.25, -0.2) is 4.79 Å². The topological polar surface area (TPSA) is 78.5 Å². The molecule has 0 aliphatic carbocycles. The molecule has 0 amide bonds. The summed E-state index contributed by atoms with van der Waals surface area (Å²) in [4.78, 5) is 16.9. The molecule has 1 N–H and O–H groups in total. The molecule has 18 heavy (non-hydrogen) atoms. The summed E-state index contributed by atoms with van der Waals surface area (Å²) in [5, 5.41) is 0. The number of carbonyl (C=O) groups excluding carboxylic acids is 1. The van der Waals surface area contributed by atoms with Crippen molar-refractivity contribution in [3.05, 3.63) is 12.2 Å². The summed E-state index contributed by atoms with van der Waals surface area (Å²) in [6.07, 6.45) is 5.65. The molecule has 1 unspecified atom stereocenters. The molecule has 5 nitrogen and oxygen atoms in total. The number of halogens is 1. The van der Waals surface area contributed by atoms with Gasteiger partial charge >= 0.3 is 5.97 Å². The first-order valence-electron chi connectivity index (χ1n) is 5.87. The monoisotopic (exact) mass is 280 g/mol. The Kier molecular flexibility index (Phi) is 10.8. The Morgan fingerprint density at radius 1 is 1.22 bits per heavy atom. The molecule has 0 fully saturated rings. The number of nitrogens with one attached hydrogen (secondary N) is 1. The predicted octanol–water partition coefficient (Wildman–Crippen LogP) is 2.08. The number of carbonyl (C=O) groups is 1. The summed E-state index contributed by atoms with van der Waals surface area (Å²) in [7, 11) is 0. The second-order valence-electron chi connectivity index (χ2n) is 3.87. The van der Waals surface area contributed by atoms with Crippen LogP contribution in [0.4, 0.5) is 4.39 Å². The molecular weight excluding hydrogens is 261 g/mol. The third-order valence-electron chi connectivity index (χ3n) is 2.35. The van der Waals surface area contributed by atoms with E-state index in [1.54, 1.807) is 0 Å². The molecule has 106 valence electrons. The van der Waals surface area contributed by atoms with Crippen LogP contribution >= 0.6 is 0 Å². The van der Waals surface area contributed by atoms with E-state index in [4.69, 9.17) is 0 Å². The molecule has 7 heteroatoms. The predicted molar refractivity (Wildman–Crippen MR) is 65.6 cm³/mol. The molecule has 0 aromatic rings. The summed E-state index contributed by atoms with van der Waals surface area (Å²) in [5.41, 5.74) is 0.233. The van der Waals surface area contributed by atoms with E-state index < -0.39 is 17.2 Å². The van der Waals surface area contributed by atoms with Gasteiger partial charge in [-0.05, 0) is 19.3 Å². The fourth-order valence-corrected chi connectivity index (χ4v) is 1.53. The van der Waals surface area contributed by atoms with Crippen LogP contribution in [-0.2, 0) is 20.9 Å². The van der Waals surface area contributed by atoms with E-state index in [1.165, 1.54) is 4.89 Å². The summed E-state index contributed by atoms with van der Waals surface area (Å²) in [5.74, 6) is -0.767. The van der Waals surface area contributed by atoms with Crippen LogP contribution in [0, 0.1) is 0 Å². The zero-order valence-corrected chi connectivity index (χ0v) is 11.1. The minimum atomic E-state index is -2.63. The molecule has 0 rings (SSSR count). The van der Waals surface area contributed by atoms with Crippen LogP contribution in [0.15, 0.2) is 12.2 Å². The quantitative estimate of drug-likeness (QED) is 0.272. The molecular formula is C11H19FNO4S-. The van der Waals surface area contributed by atoms with Gasteiger partial charge in [-0.15, -0.1) is 0 Å². The van der Waals surface area contributed by atoms with Crippen LogP contribution in [-0.4, -0.2) is 21.4 Å². The average molecular weight is 280 g/mol. The van der Waals surface area contributed by atoms with Gasteiger partial charge in [-0.3, -0.25) is 8.60 Å². The lowest BCUT2D eigenvalue weighted by Gasteiger charge is -2.08. The van der Waals surface area contributed by atoms with E-state index in [9.17, 15) is 17.9 Å². The zero-order valence-electron chi connectivity index (χ0n) is 10.3. The smallest absolute Gasteiger partial charge is 0.352 e. The molecule has 0 radical (unpaired) electrons. The summed E-state index contributed by atoms with van der Waals surface area (Å²) >= 11 is -2.63. The fraction of sp³-hybridized carbons (Fsp3) is 0.727. The highest BCUT2D eigenvalue weighted by molar-refractivity contribution is 7.76. The van der Waals surface area contributed by atoms with Gasteiger partial charge in [0.05, 0.1) is 17.9 Å². The Labute approximate surface area is 109 Å². The summed E-state index contributed by atoms with van der Waals surface area (Å²) < 4.78 is 31.9. The zero-order chi connectivity index (χ0) is 13.8. The Bertz CT molecular complexity index is 286. The number of hydrogen-bond donors (Lipinski definition) is 1. The van der Waals surface area contributed by atoms with Crippen LogP contribution < -0.4 is 4.89 Å². The van der Waals surface area contributed by atoms with Gasteiger partial charge in [-0.1, -0.05) is 37.1 Å². The van der Waals surface area contributed by atoms with Gasteiger partial charge in [0.25, 0.3) is 0 Å². The van der Waals surface area contributed by atoms with Gasteiger partial charge < -0.3 is 9.39 Å². The van der Waals surface area contributed by atoms with E-state index in [0.29, 0.717) is 12.8 Å². The van der Waals surface area contributed by atoms with Crippen molar-refractivity contribution in [2.75, 3.05) is 6.67 Å². The minimum Gasteiger partial charge on any atom is -0.758 e. The molecule has 0 heterocycles. The summed E-state index contributed by atoms with van der Waals surface area (Å²) in [6.45, 7) is 3.25. The van der Waals surface area contributed by atoms with Gasteiger partial charge in [0.2, 0.25) is 0 Å².